The average Bonchev–Trinajstić information content (AvgIpc) is 2.59. The molecule has 2 N–H and O–H groups in total. The second-order valence-electron chi connectivity index (χ2n) is 7.58. The van der Waals surface area contributed by atoms with Crippen molar-refractivity contribution in [2.24, 2.45) is 0 Å². The molecule has 0 saturated carbocycles. The molecular weight excluding hydrogens is 410 g/mol. The third-order valence-electron chi connectivity index (χ3n) is 4.60. The summed E-state index contributed by atoms with van der Waals surface area (Å²) in [5.41, 5.74) is 0.116. The zero-order valence-corrected chi connectivity index (χ0v) is 18.7. The molecule has 6 nitrogen and oxygen atoms in total. The normalized spacial score (nSPS) is 15.2. The molecular formula is C18H30F2N2O4S2. The molecule has 1 aromatic carbocycles. The molecule has 2 unspecified atom stereocenters. The highest BCUT2D eigenvalue weighted by atomic mass is 32.2. The lowest BCUT2D eigenvalue weighted by atomic mass is 9.94. The minimum atomic E-state index is -3.51. The molecule has 1 rings (SSSR count). The summed E-state index contributed by atoms with van der Waals surface area (Å²) in [5, 5.41) is -1.25. The number of hydrogen-bond acceptors (Lipinski definition) is 4. The van der Waals surface area contributed by atoms with Crippen molar-refractivity contribution in [2.45, 2.75) is 63.9 Å². The van der Waals surface area contributed by atoms with E-state index in [-0.39, 0.29) is 24.2 Å². The van der Waals surface area contributed by atoms with Crippen LogP contribution in [0, 0.1) is 11.6 Å². The first-order chi connectivity index (χ1) is 12.7. The van der Waals surface area contributed by atoms with E-state index in [0.29, 0.717) is 0 Å². The third kappa shape index (κ3) is 6.47. The number of hydrogen-bond donors (Lipinski definition) is 2. The maximum atomic E-state index is 14.5. The van der Waals surface area contributed by atoms with Crippen LogP contribution in [0.5, 0.6) is 0 Å². The van der Waals surface area contributed by atoms with Gasteiger partial charge in [-0.15, -0.1) is 0 Å². The van der Waals surface area contributed by atoms with Gasteiger partial charge in [-0.3, -0.25) is 0 Å². The van der Waals surface area contributed by atoms with E-state index in [1.807, 2.05) is 0 Å². The van der Waals surface area contributed by atoms with E-state index in [1.165, 1.54) is 27.7 Å². The lowest BCUT2D eigenvalue weighted by molar-refractivity contribution is 0.532. The molecule has 0 aliphatic heterocycles. The molecule has 0 bridgehead atoms. The van der Waals surface area contributed by atoms with Crippen LogP contribution in [0.1, 0.15) is 64.5 Å². The standard InChI is InChI=1S/C18H30F2N2O4S2/c1-11(2)27(23,24)21-9-13(5)15-7-18(20)16(8-17(15)19)14(6)10-22-28(25,26)12(3)4/h7-8,11-14,21-22H,9-10H2,1-6H3. The predicted molar refractivity (Wildman–Crippen MR) is 107 cm³/mol. The van der Waals surface area contributed by atoms with Gasteiger partial charge in [-0.2, -0.15) is 0 Å². The highest BCUT2D eigenvalue weighted by Crippen LogP contribution is 2.26. The van der Waals surface area contributed by atoms with Gasteiger partial charge in [0.2, 0.25) is 20.0 Å². The van der Waals surface area contributed by atoms with Gasteiger partial charge in [-0.25, -0.2) is 35.1 Å². The number of nitrogens with one attached hydrogen (secondary N) is 2. The summed E-state index contributed by atoms with van der Waals surface area (Å²) in [4.78, 5) is 0. The van der Waals surface area contributed by atoms with Gasteiger partial charge in [0.1, 0.15) is 11.6 Å². The molecule has 2 atom stereocenters. The van der Waals surface area contributed by atoms with Crippen LogP contribution >= 0.6 is 0 Å². The van der Waals surface area contributed by atoms with Crippen molar-refractivity contribution in [3.63, 3.8) is 0 Å². The lowest BCUT2D eigenvalue weighted by Gasteiger charge is -2.19. The second kappa shape index (κ2) is 9.60. The Morgan fingerprint density at radius 2 is 1.00 bits per heavy atom. The van der Waals surface area contributed by atoms with Crippen LogP contribution < -0.4 is 9.44 Å². The quantitative estimate of drug-likeness (QED) is 0.585. The Hall–Kier alpha value is -1.10. The summed E-state index contributed by atoms with van der Waals surface area (Å²) in [7, 11) is -7.01. The van der Waals surface area contributed by atoms with E-state index in [0.717, 1.165) is 12.1 Å². The Labute approximate surface area is 167 Å². The highest BCUT2D eigenvalue weighted by Gasteiger charge is 2.23. The van der Waals surface area contributed by atoms with Crippen molar-refractivity contribution in [2.75, 3.05) is 13.1 Å². The van der Waals surface area contributed by atoms with Crippen molar-refractivity contribution >= 4 is 20.0 Å². The van der Waals surface area contributed by atoms with Crippen LogP contribution in [-0.2, 0) is 20.0 Å². The molecule has 0 spiro atoms. The summed E-state index contributed by atoms with van der Waals surface area (Å²) in [6.45, 7) is 9.18. The van der Waals surface area contributed by atoms with Crippen molar-refractivity contribution < 1.29 is 25.6 Å². The van der Waals surface area contributed by atoms with Gasteiger partial charge in [-0.05, 0) is 62.8 Å². The van der Waals surface area contributed by atoms with Gasteiger partial charge in [0.15, 0.2) is 0 Å². The fourth-order valence-corrected chi connectivity index (χ4v) is 4.00. The van der Waals surface area contributed by atoms with E-state index in [1.54, 1.807) is 13.8 Å². The molecule has 10 heteroatoms. The van der Waals surface area contributed by atoms with Crippen LogP contribution in [0.15, 0.2) is 12.1 Å². The van der Waals surface area contributed by atoms with Crippen molar-refractivity contribution in [1.82, 2.24) is 9.44 Å². The zero-order valence-electron chi connectivity index (χ0n) is 17.1. The van der Waals surface area contributed by atoms with Gasteiger partial charge >= 0.3 is 0 Å². The van der Waals surface area contributed by atoms with Gasteiger partial charge < -0.3 is 0 Å². The van der Waals surface area contributed by atoms with Crippen molar-refractivity contribution in [1.29, 1.82) is 0 Å². The van der Waals surface area contributed by atoms with E-state index in [2.05, 4.69) is 9.44 Å². The fraction of sp³-hybridized carbons (Fsp3) is 0.667. The summed E-state index contributed by atoms with van der Waals surface area (Å²) >= 11 is 0. The van der Waals surface area contributed by atoms with Crippen LogP contribution in [-0.4, -0.2) is 40.4 Å². The van der Waals surface area contributed by atoms with Gasteiger partial charge in [0.25, 0.3) is 0 Å². The minimum absolute atomic E-state index is 0.0556. The molecule has 162 valence electrons. The molecule has 0 radical (unpaired) electrons. The lowest BCUT2D eigenvalue weighted by Crippen LogP contribution is -2.34. The van der Waals surface area contributed by atoms with Gasteiger partial charge in [-0.1, -0.05) is 13.8 Å². The van der Waals surface area contributed by atoms with E-state index >= 15 is 0 Å². The summed E-state index contributed by atoms with van der Waals surface area (Å²) < 4.78 is 81.2. The maximum Gasteiger partial charge on any atom is 0.213 e. The third-order valence-corrected chi connectivity index (χ3v) is 8.22. The molecule has 0 saturated heterocycles. The molecule has 0 heterocycles. The Bertz CT molecular complexity index is 811. The maximum absolute atomic E-state index is 14.5. The van der Waals surface area contributed by atoms with E-state index < -0.39 is 54.0 Å². The highest BCUT2D eigenvalue weighted by molar-refractivity contribution is 7.90. The van der Waals surface area contributed by atoms with Gasteiger partial charge in [0, 0.05) is 13.1 Å². The topological polar surface area (TPSA) is 92.3 Å². The molecule has 0 aliphatic carbocycles. The van der Waals surface area contributed by atoms with Crippen LogP contribution in [0.3, 0.4) is 0 Å². The van der Waals surface area contributed by atoms with Crippen LogP contribution in [0.4, 0.5) is 8.78 Å². The first-order valence-electron chi connectivity index (χ1n) is 9.14. The monoisotopic (exact) mass is 440 g/mol. The summed E-state index contributed by atoms with van der Waals surface area (Å²) in [5.74, 6) is -2.48. The van der Waals surface area contributed by atoms with Crippen molar-refractivity contribution in [3.05, 3.63) is 34.9 Å². The first kappa shape index (κ1) is 24.9. The number of benzene rings is 1. The zero-order chi connectivity index (χ0) is 21.9. The summed E-state index contributed by atoms with van der Waals surface area (Å²) in [6, 6.07) is 2.10. The molecule has 28 heavy (non-hydrogen) atoms. The molecule has 0 fully saturated rings. The number of halogens is 2. The largest absolute Gasteiger partial charge is 0.214 e. The Morgan fingerprint density at radius 3 is 1.25 bits per heavy atom. The SMILES string of the molecule is CC(CNS(=O)(=O)C(C)C)c1cc(F)c(C(C)CNS(=O)(=O)C(C)C)cc1F. The molecule has 0 aromatic heterocycles. The van der Waals surface area contributed by atoms with Crippen LogP contribution in [0.2, 0.25) is 0 Å². The van der Waals surface area contributed by atoms with Crippen LogP contribution in [0.25, 0.3) is 0 Å². The number of rotatable bonds is 10. The average molecular weight is 441 g/mol. The van der Waals surface area contributed by atoms with E-state index in [9.17, 15) is 25.6 Å². The minimum Gasteiger partial charge on any atom is -0.214 e. The van der Waals surface area contributed by atoms with Gasteiger partial charge in [0.05, 0.1) is 10.5 Å². The fourth-order valence-electron chi connectivity index (χ4n) is 2.37. The van der Waals surface area contributed by atoms with E-state index in [4.69, 9.17) is 0 Å². The summed E-state index contributed by atoms with van der Waals surface area (Å²) in [6.07, 6.45) is 0. The number of sulfonamides is 2. The van der Waals surface area contributed by atoms with Crippen molar-refractivity contribution in [3.8, 4) is 0 Å². The Balaban J connectivity index is 2.95. The Morgan fingerprint density at radius 1 is 0.714 bits per heavy atom. The smallest absolute Gasteiger partial charge is 0.213 e. The Kier molecular flexibility index (Phi) is 8.55. The molecule has 1 aromatic rings. The predicted octanol–water partition coefficient (Wildman–Crippen LogP) is 2.83. The first-order valence-corrected chi connectivity index (χ1v) is 12.2. The molecule has 0 aliphatic rings. The second-order valence-corrected chi connectivity index (χ2v) is 12.2. The molecule has 0 amide bonds.